The summed E-state index contributed by atoms with van der Waals surface area (Å²) in [5.41, 5.74) is 0.338. The second-order valence-electron chi connectivity index (χ2n) is 4.59. The molecule has 0 aromatic carbocycles. The minimum Gasteiger partial charge on any atom is -0.382 e. The summed E-state index contributed by atoms with van der Waals surface area (Å²) in [7, 11) is 1.78. The lowest BCUT2D eigenvalue weighted by atomic mass is 9.87. The Morgan fingerprint density at radius 2 is 2.00 bits per heavy atom. The predicted octanol–water partition coefficient (Wildman–Crippen LogP) is 2.44. The van der Waals surface area contributed by atoms with E-state index in [-0.39, 0.29) is 0 Å². The smallest absolute Gasteiger partial charge is 0.0548 e. The monoisotopic (exact) mass is 187 g/mol. The first-order valence-electron chi connectivity index (χ1n) is 5.25. The molecule has 0 radical (unpaired) electrons. The number of hydrogen-bond donors (Lipinski definition) is 1. The van der Waals surface area contributed by atoms with Gasteiger partial charge in [-0.15, -0.1) is 0 Å². The van der Waals surface area contributed by atoms with Gasteiger partial charge in [0.05, 0.1) is 6.10 Å². The number of ether oxygens (including phenoxy) is 1. The van der Waals surface area contributed by atoms with Crippen LogP contribution in [0.3, 0.4) is 0 Å². The van der Waals surface area contributed by atoms with Gasteiger partial charge in [0.1, 0.15) is 0 Å². The fraction of sp³-hybridized carbons (Fsp3) is 1.00. The van der Waals surface area contributed by atoms with Gasteiger partial charge in [-0.3, -0.25) is 0 Å². The van der Waals surface area contributed by atoms with Crippen molar-refractivity contribution in [2.24, 2.45) is 5.41 Å². The molecule has 0 saturated carbocycles. The topological polar surface area (TPSA) is 21.3 Å². The molecule has 1 unspecified atom stereocenters. The van der Waals surface area contributed by atoms with Gasteiger partial charge in [-0.25, -0.2) is 0 Å². The fourth-order valence-corrected chi connectivity index (χ4v) is 1.54. The molecule has 13 heavy (non-hydrogen) atoms. The van der Waals surface area contributed by atoms with Crippen LogP contribution in [0, 0.1) is 5.41 Å². The molecule has 80 valence electrons. The third kappa shape index (κ3) is 7.03. The Morgan fingerprint density at radius 1 is 1.38 bits per heavy atom. The molecule has 0 aliphatic rings. The Labute approximate surface area is 83.1 Å². The van der Waals surface area contributed by atoms with Crippen molar-refractivity contribution in [2.45, 2.75) is 46.6 Å². The summed E-state index contributed by atoms with van der Waals surface area (Å²) in [6.07, 6.45) is 2.68. The van der Waals surface area contributed by atoms with Gasteiger partial charge in [-0.1, -0.05) is 20.8 Å². The van der Waals surface area contributed by atoms with E-state index in [4.69, 9.17) is 4.74 Å². The Morgan fingerprint density at radius 3 is 2.46 bits per heavy atom. The number of hydrogen-bond acceptors (Lipinski definition) is 2. The van der Waals surface area contributed by atoms with Crippen molar-refractivity contribution in [3.8, 4) is 0 Å². The lowest BCUT2D eigenvalue weighted by Gasteiger charge is -2.27. The highest BCUT2D eigenvalue weighted by Crippen LogP contribution is 2.22. The molecule has 0 aromatic rings. The van der Waals surface area contributed by atoms with Gasteiger partial charge in [0.25, 0.3) is 0 Å². The normalized spacial score (nSPS) is 14.5. The first-order valence-corrected chi connectivity index (χ1v) is 5.25. The minimum atomic E-state index is 0.338. The van der Waals surface area contributed by atoms with E-state index in [0.29, 0.717) is 11.5 Å². The van der Waals surface area contributed by atoms with Crippen LogP contribution in [0.15, 0.2) is 0 Å². The molecule has 1 N–H and O–H groups in total. The van der Waals surface area contributed by atoms with E-state index in [2.05, 4.69) is 33.0 Å². The Kier molecular flexibility index (Phi) is 6.35. The quantitative estimate of drug-likeness (QED) is 0.618. The molecule has 0 heterocycles. The van der Waals surface area contributed by atoms with E-state index in [9.17, 15) is 0 Å². The van der Waals surface area contributed by atoms with Gasteiger partial charge in [0.2, 0.25) is 0 Å². The fourth-order valence-electron chi connectivity index (χ4n) is 1.54. The Balaban J connectivity index is 3.65. The van der Waals surface area contributed by atoms with Crippen LogP contribution >= 0.6 is 0 Å². The van der Waals surface area contributed by atoms with Crippen molar-refractivity contribution in [1.82, 2.24) is 5.32 Å². The van der Waals surface area contributed by atoms with Gasteiger partial charge in [-0.2, -0.15) is 0 Å². The molecule has 0 amide bonds. The van der Waals surface area contributed by atoms with Crippen molar-refractivity contribution in [1.29, 1.82) is 0 Å². The number of rotatable bonds is 7. The molecule has 0 aliphatic heterocycles. The third-order valence-electron chi connectivity index (χ3n) is 2.27. The van der Waals surface area contributed by atoms with E-state index >= 15 is 0 Å². The third-order valence-corrected chi connectivity index (χ3v) is 2.27. The van der Waals surface area contributed by atoms with Gasteiger partial charge >= 0.3 is 0 Å². The zero-order chi connectivity index (χ0) is 10.3. The molecule has 0 spiro atoms. The average Bonchev–Trinajstić information content (AvgIpc) is 2.03. The standard InChI is InChI=1S/C11H25NO/c1-6-7-12-9-11(3,4)8-10(2)13-5/h10,12H,6-9H2,1-5H3. The second-order valence-corrected chi connectivity index (χ2v) is 4.59. The van der Waals surface area contributed by atoms with Gasteiger partial charge in [0.15, 0.2) is 0 Å². The molecule has 1 atom stereocenters. The molecule has 0 aliphatic carbocycles. The van der Waals surface area contributed by atoms with Crippen LogP contribution in [0.4, 0.5) is 0 Å². The summed E-state index contributed by atoms with van der Waals surface area (Å²) < 4.78 is 5.26. The molecule has 0 fully saturated rings. The zero-order valence-electron chi connectivity index (χ0n) is 9.81. The first-order chi connectivity index (χ1) is 6.02. The molecule has 2 heteroatoms. The van der Waals surface area contributed by atoms with Crippen LogP contribution in [0.25, 0.3) is 0 Å². The Bertz CT molecular complexity index is 123. The van der Waals surface area contributed by atoms with Crippen molar-refractivity contribution >= 4 is 0 Å². The molecule has 0 saturated heterocycles. The molecular formula is C11H25NO. The van der Waals surface area contributed by atoms with Crippen LogP contribution in [0.5, 0.6) is 0 Å². The summed E-state index contributed by atoms with van der Waals surface area (Å²) in [5.74, 6) is 0. The lowest BCUT2D eigenvalue weighted by Crippen LogP contribution is -2.32. The molecule has 2 nitrogen and oxygen atoms in total. The van der Waals surface area contributed by atoms with Crippen molar-refractivity contribution in [3.63, 3.8) is 0 Å². The summed E-state index contributed by atoms with van der Waals surface area (Å²) in [6.45, 7) is 11.1. The number of nitrogens with one attached hydrogen (secondary N) is 1. The summed E-state index contributed by atoms with van der Waals surface area (Å²) in [4.78, 5) is 0. The summed E-state index contributed by atoms with van der Waals surface area (Å²) in [6, 6.07) is 0. The maximum atomic E-state index is 5.26. The summed E-state index contributed by atoms with van der Waals surface area (Å²) in [5, 5.41) is 3.45. The molecule has 0 rings (SSSR count). The number of methoxy groups -OCH3 is 1. The van der Waals surface area contributed by atoms with Crippen LogP contribution in [-0.2, 0) is 4.74 Å². The van der Waals surface area contributed by atoms with Gasteiger partial charge in [0, 0.05) is 13.7 Å². The van der Waals surface area contributed by atoms with Crippen LogP contribution in [0.2, 0.25) is 0 Å². The largest absolute Gasteiger partial charge is 0.382 e. The maximum absolute atomic E-state index is 5.26. The highest BCUT2D eigenvalue weighted by Gasteiger charge is 2.20. The average molecular weight is 187 g/mol. The van der Waals surface area contributed by atoms with E-state index in [1.54, 1.807) is 7.11 Å². The van der Waals surface area contributed by atoms with Gasteiger partial charge in [-0.05, 0) is 31.7 Å². The first kappa shape index (κ1) is 12.9. The van der Waals surface area contributed by atoms with Gasteiger partial charge < -0.3 is 10.1 Å². The summed E-state index contributed by atoms with van der Waals surface area (Å²) >= 11 is 0. The maximum Gasteiger partial charge on any atom is 0.0548 e. The van der Waals surface area contributed by atoms with Crippen molar-refractivity contribution in [2.75, 3.05) is 20.2 Å². The molecular weight excluding hydrogens is 162 g/mol. The lowest BCUT2D eigenvalue weighted by molar-refractivity contribution is 0.0753. The van der Waals surface area contributed by atoms with E-state index in [0.717, 1.165) is 19.5 Å². The minimum absolute atomic E-state index is 0.338. The van der Waals surface area contributed by atoms with Crippen LogP contribution in [0.1, 0.15) is 40.5 Å². The van der Waals surface area contributed by atoms with E-state index in [1.165, 1.54) is 6.42 Å². The van der Waals surface area contributed by atoms with E-state index in [1.807, 2.05) is 0 Å². The highest BCUT2D eigenvalue weighted by molar-refractivity contribution is 4.74. The van der Waals surface area contributed by atoms with Crippen LogP contribution in [-0.4, -0.2) is 26.3 Å². The van der Waals surface area contributed by atoms with Crippen molar-refractivity contribution in [3.05, 3.63) is 0 Å². The second kappa shape index (κ2) is 6.39. The van der Waals surface area contributed by atoms with Crippen LogP contribution < -0.4 is 5.32 Å². The Hall–Kier alpha value is -0.0800. The van der Waals surface area contributed by atoms with Crippen molar-refractivity contribution < 1.29 is 4.74 Å². The highest BCUT2D eigenvalue weighted by atomic mass is 16.5. The molecule has 0 aromatic heterocycles. The molecule has 0 bridgehead atoms. The zero-order valence-corrected chi connectivity index (χ0v) is 9.81. The predicted molar refractivity (Wildman–Crippen MR) is 58.0 cm³/mol. The van der Waals surface area contributed by atoms with E-state index < -0.39 is 0 Å². The SMILES string of the molecule is CCCNCC(C)(C)CC(C)OC.